The number of hydrogen-bond donors (Lipinski definition) is 1. The smallest absolute Gasteiger partial charge is 0.264 e. The molecule has 3 aromatic carbocycles. The number of methoxy groups -OCH3 is 1. The van der Waals surface area contributed by atoms with Gasteiger partial charge in [0.25, 0.3) is 15.9 Å². The summed E-state index contributed by atoms with van der Waals surface area (Å²) < 4.78 is 33.4. The Morgan fingerprint density at radius 1 is 1.00 bits per heavy atom. The third-order valence-corrected chi connectivity index (χ3v) is 8.37. The summed E-state index contributed by atoms with van der Waals surface area (Å²) in [5.74, 6) is 0.428. The number of anilines is 1. The largest absolute Gasteiger partial charge is 0.497 e. The number of carbonyl (C=O) groups excluding carboxylic acids is 1. The molecule has 4 aromatic rings. The summed E-state index contributed by atoms with van der Waals surface area (Å²) in [5.41, 5.74) is 1.54. The number of ether oxygens (including phenoxy) is 1. The third-order valence-electron chi connectivity index (χ3n) is 5.45. The number of nitrogens with one attached hydrogen (secondary N) is 1. The fourth-order valence-corrected chi connectivity index (χ4v) is 5.61. The Morgan fingerprint density at radius 2 is 1.70 bits per heavy atom. The van der Waals surface area contributed by atoms with E-state index in [4.69, 9.17) is 4.74 Å². The zero-order chi connectivity index (χ0) is 23.6. The minimum atomic E-state index is -3.74. The molecule has 0 radical (unpaired) electrons. The number of sulfonamides is 1. The second-order valence-corrected chi connectivity index (χ2v) is 10.6. The van der Waals surface area contributed by atoms with Gasteiger partial charge in [0.15, 0.2) is 0 Å². The van der Waals surface area contributed by atoms with E-state index in [0.717, 1.165) is 15.6 Å². The van der Waals surface area contributed by atoms with Crippen LogP contribution in [0.3, 0.4) is 0 Å². The standard InChI is InChI=1S/C25H24N2O4S2/c1-17(18-7-5-4-6-8-18)26-25(28)24-16-19-15-20(9-14-23(19)32-24)27(2)33(29,30)22-12-10-21(31-3)11-13-22/h4-17H,1-3H3,(H,26,28)/t17-/m0/s1. The van der Waals surface area contributed by atoms with E-state index >= 15 is 0 Å². The number of carbonyl (C=O) groups is 1. The Kier molecular flexibility index (Phi) is 6.40. The highest BCUT2D eigenvalue weighted by atomic mass is 32.2. The molecule has 0 saturated heterocycles. The molecule has 1 heterocycles. The Hall–Kier alpha value is -3.36. The predicted octanol–water partition coefficient (Wildman–Crippen LogP) is 5.23. The molecule has 0 bridgehead atoms. The van der Waals surface area contributed by atoms with Crippen molar-refractivity contribution in [2.45, 2.75) is 17.9 Å². The molecule has 1 aromatic heterocycles. The van der Waals surface area contributed by atoms with Crippen LogP contribution in [-0.4, -0.2) is 28.5 Å². The SMILES string of the molecule is COc1ccc(S(=O)(=O)N(C)c2ccc3sc(C(=O)N[C@@H](C)c4ccccc4)cc3c2)cc1. The van der Waals surface area contributed by atoms with Gasteiger partial charge in [0, 0.05) is 11.7 Å². The number of nitrogens with zero attached hydrogens (tertiary/aromatic N) is 1. The highest BCUT2D eigenvalue weighted by molar-refractivity contribution is 7.92. The van der Waals surface area contributed by atoms with E-state index in [1.165, 1.54) is 41.9 Å². The zero-order valence-electron chi connectivity index (χ0n) is 18.5. The van der Waals surface area contributed by atoms with Crippen LogP contribution in [0.5, 0.6) is 5.75 Å². The minimum Gasteiger partial charge on any atom is -0.497 e. The first-order valence-corrected chi connectivity index (χ1v) is 12.6. The van der Waals surface area contributed by atoms with Gasteiger partial charge in [-0.25, -0.2) is 8.42 Å². The maximum atomic E-state index is 13.1. The Morgan fingerprint density at radius 3 is 2.36 bits per heavy atom. The normalized spacial score (nSPS) is 12.3. The quantitative estimate of drug-likeness (QED) is 0.393. The molecule has 6 nitrogen and oxygen atoms in total. The average Bonchev–Trinajstić information content (AvgIpc) is 3.27. The highest BCUT2D eigenvalue weighted by Crippen LogP contribution is 2.31. The van der Waals surface area contributed by atoms with Gasteiger partial charge < -0.3 is 10.1 Å². The van der Waals surface area contributed by atoms with Gasteiger partial charge in [-0.05, 0) is 66.4 Å². The molecule has 1 N–H and O–H groups in total. The van der Waals surface area contributed by atoms with E-state index < -0.39 is 10.0 Å². The molecule has 1 atom stereocenters. The number of rotatable bonds is 7. The van der Waals surface area contributed by atoms with Gasteiger partial charge in [-0.15, -0.1) is 11.3 Å². The first-order valence-electron chi connectivity index (χ1n) is 10.3. The third kappa shape index (κ3) is 4.72. The highest BCUT2D eigenvalue weighted by Gasteiger charge is 2.22. The van der Waals surface area contributed by atoms with Gasteiger partial charge >= 0.3 is 0 Å². The van der Waals surface area contributed by atoms with E-state index in [9.17, 15) is 13.2 Å². The van der Waals surface area contributed by atoms with Crippen LogP contribution in [0.1, 0.15) is 28.2 Å². The second-order valence-electron chi connectivity index (χ2n) is 7.59. The number of hydrogen-bond acceptors (Lipinski definition) is 5. The van der Waals surface area contributed by atoms with Crippen LogP contribution in [0.25, 0.3) is 10.1 Å². The molecule has 8 heteroatoms. The van der Waals surface area contributed by atoms with Crippen LogP contribution in [-0.2, 0) is 10.0 Å². The van der Waals surface area contributed by atoms with E-state index in [0.29, 0.717) is 16.3 Å². The van der Waals surface area contributed by atoms with Crippen LogP contribution in [0.2, 0.25) is 0 Å². The maximum Gasteiger partial charge on any atom is 0.264 e. The second kappa shape index (κ2) is 9.25. The van der Waals surface area contributed by atoms with Gasteiger partial charge in [-0.1, -0.05) is 30.3 Å². The molecule has 0 aliphatic rings. The van der Waals surface area contributed by atoms with Crippen molar-refractivity contribution in [2.75, 3.05) is 18.5 Å². The summed E-state index contributed by atoms with van der Waals surface area (Å²) in [6.07, 6.45) is 0. The van der Waals surface area contributed by atoms with Gasteiger partial charge in [0.2, 0.25) is 0 Å². The number of benzene rings is 3. The van der Waals surface area contributed by atoms with Gasteiger partial charge in [0.05, 0.1) is 28.6 Å². The molecule has 4 rings (SSSR count). The summed E-state index contributed by atoms with van der Waals surface area (Å²) in [5, 5.41) is 3.83. The molecule has 0 aliphatic carbocycles. The Balaban J connectivity index is 1.56. The molecule has 0 aliphatic heterocycles. The van der Waals surface area contributed by atoms with Crippen LogP contribution >= 0.6 is 11.3 Å². The molecule has 170 valence electrons. The molecule has 0 unspecified atom stereocenters. The van der Waals surface area contributed by atoms with Crippen molar-refractivity contribution < 1.29 is 17.9 Å². The number of thiophene rings is 1. The van der Waals surface area contributed by atoms with Crippen LogP contribution < -0.4 is 14.4 Å². The summed E-state index contributed by atoms with van der Waals surface area (Å²) in [6.45, 7) is 1.94. The van der Waals surface area contributed by atoms with Crippen molar-refractivity contribution in [3.05, 3.63) is 89.3 Å². The van der Waals surface area contributed by atoms with Crippen molar-refractivity contribution in [1.29, 1.82) is 0 Å². The van der Waals surface area contributed by atoms with E-state index in [2.05, 4.69) is 5.32 Å². The maximum absolute atomic E-state index is 13.1. The number of fused-ring (bicyclic) bond motifs is 1. The fraction of sp³-hybridized carbons (Fsp3) is 0.160. The van der Waals surface area contributed by atoms with Crippen LogP contribution in [0, 0.1) is 0 Å². The van der Waals surface area contributed by atoms with Crippen molar-refractivity contribution in [2.24, 2.45) is 0 Å². The molecular weight excluding hydrogens is 456 g/mol. The molecule has 0 fully saturated rings. The summed E-state index contributed by atoms with van der Waals surface area (Å²) in [6, 6.07) is 23.1. The summed E-state index contributed by atoms with van der Waals surface area (Å²) >= 11 is 1.38. The zero-order valence-corrected chi connectivity index (χ0v) is 20.1. The van der Waals surface area contributed by atoms with Gasteiger partial charge in [-0.3, -0.25) is 9.10 Å². The lowest BCUT2D eigenvalue weighted by molar-refractivity contribution is 0.0944. The van der Waals surface area contributed by atoms with Crippen LogP contribution in [0.15, 0.2) is 83.8 Å². The van der Waals surface area contributed by atoms with Gasteiger partial charge in [0.1, 0.15) is 5.75 Å². The molecule has 33 heavy (non-hydrogen) atoms. The molecule has 0 saturated carbocycles. The lowest BCUT2D eigenvalue weighted by Crippen LogP contribution is -2.26. The van der Waals surface area contributed by atoms with E-state index in [1.807, 2.05) is 43.3 Å². The van der Waals surface area contributed by atoms with Crippen molar-refractivity contribution >= 4 is 43.0 Å². The van der Waals surface area contributed by atoms with E-state index in [-0.39, 0.29) is 16.8 Å². The van der Waals surface area contributed by atoms with Crippen molar-refractivity contribution in [3.63, 3.8) is 0 Å². The van der Waals surface area contributed by atoms with Crippen molar-refractivity contribution in [1.82, 2.24) is 5.32 Å². The molecular formula is C25H24N2O4S2. The summed E-state index contributed by atoms with van der Waals surface area (Å²) in [7, 11) is -0.693. The predicted molar refractivity (Wildman–Crippen MR) is 133 cm³/mol. The fourth-order valence-electron chi connectivity index (χ4n) is 3.48. The van der Waals surface area contributed by atoms with Crippen LogP contribution in [0.4, 0.5) is 5.69 Å². The molecule has 1 amide bonds. The lowest BCUT2D eigenvalue weighted by atomic mass is 10.1. The Bertz CT molecular complexity index is 1380. The molecule has 0 spiro atoms. The monoisotopic (exact) mass is 480 g/mol. The Labute approximate surface area is 197 Å². The van der Waals surface area contributed by atoms with E-state index in [1.54, 1.807) is 30.3 Å². The average molecular weight is 481 g/mol. The first-order chi connectivity index (χ1) is 15.8. The van der Waals surface area contributed by atoms with Crippen molar-refractivity contribution in [3.8, 4) is 5.75 Å². The number of amides is 1. The first kappa shape index (κ1) is 22.8. The lowest BCUT2D eigenvalue weighted by Gasteiger charge is -2.19. The topological polar surface area (TPSA) is 75.7 Å². The van der Waals surface area contributed by atoms with Gasteiger partial charge in [-0.2, -0.15) is 0 Å². The summed E-state index contributed by atoms with van der Waals surface area (Å²) in [4.78, 5) is 13.5. The minimum absolute atomic E-state index is 0.125.